The number of benzene rings is 1. The van der Waals surface area contributed by atoms with Crippen molar-refractivity contribution in [2.75, 3.05) is 7.11 Å². The topological polar surface area (TPSA) is 38.7 Å². The fraction of sp³-hybridized carbons (Fsp3) is 0.600. The Morgan fingerprint density at radius 1 is 1.39 bits per heavy atom. The summed E-state index contributed by atoms with van der Waals surface area (Å²) in [5.41, 5.74) is 2.51. The summed E-state index contributed by atoms with van der Waals surface area (Å²) in [4.78, 5) is 11.2. The van der Waals surface area contributed by atoms with Crippen LogP contribution in [0.3, 0.4) is 0 Å². The standard InChI is InChI=1S/C15H21NO2/c1-4-15(5-2)13-10-12(18-3)8-6-11(13)7-9-14(15)16-17/h6,8,10,14H,4-5,7,9H2,1-3H3. The van der Waals surface area contributed by atoms with Gasteiger partial charge in [-0.3, -0.25) is 0 Å². The lowest BCUT2D eigenvalue weighted by Gasteiger charge is -2.41. The molecule has 1 aliphatic rings. The van der Waals surface area contributed by atoms with Crippen molar-refractivity contribution in [2.45, 2.75) is 51.0 Å². The Balaban J connectivity index is 2.58. The van der Waals surface area contributed by atoms with Crippen LogP contribution in [0.25, 0.3) is 0 Å². The second kappa shape index (κ2) is 5.09. The Kier molecular flexibility index (Phi) is 3.69. The first kappa shape index (κ1) is 13.1. The van der Waals surface area contributed by atoms with Crippen molar-refractivity contribution < 1.29 is 4.74 Å². The molecule has 0 spiro atoms. The summed E-state index contributed by atoms with van der Waals surface area (Å²) in [5, 5.41) is 3.41. The first-order valence-electron chi connectivity index (χ1n) is 6.71. The summed E-state index contributed by atoms with van der Waals surface area (Å²) < 4.78 is 5.32. The van der Waals surface area contributed by atoms with Gasteiger partial charge in [0.25, 0.3) is 0 Å². The highest BCUT2D eigenvalue weighted by atomic mass is 16.5. The zero-order chi connectivity index (χ0) is 13.2. The third-order valence-electron chi connectivity index (χ3n) is 4.57. The number of rotatable bonds is 4. The quantitative estimate of drug-likeness (QED) is 0.758. The van der Waals surface area contributed by atoms with Crippen molar-refractivity contribution in [1.82, 2.24) is 0 Å². The lowest BCUT2D eigenvalue weighted by Crippen LogP contribution is -2.41. The van der Waals surface area contributed by atoms with Crippen LogP contribution in [0, 0.1) is 4.91 Å². The van der Waals surface area contributed by atoms with Gasteiger partial charge in [-0.1, -0.05) is 25.1 Å². The maximum atomic E-state index is 11.2. The van der Waals surface area contributed by atoms with Crippen LogP contribution in [-0.2, 0) is 11.8 Å². The van der Waals surface area contributed by atoms with Crippen LogP contribution in [0.15, 0.2) is 23.4 Å². The number of fused-ring (bicyclic) bond motifs is 1. The number of methoxy groups -OCH3 is 1. The van der Waals surface area contributed by atoms with Crippen LogP contribution in [0.1, 0.15) is 44.2 Å². The first-order valence-corrected chi connectivity index (χ1v) is 6.71. The fourth-order valence-electron chi connectivity index (χ4n) is 3.37. The molecule has 0 aromatic heterocycles. The molecule has 0 bridgehead atoms. The molecule has 98 valence electrons. The van der Waals surface area contributed by atoms with E-state index in [2.05, 4.69) is 31.2 Å². The lowest BCUT2D eigenvalue weighted by molar-refractivity contribution is 0.284. The highest BCUT2D eigenvalue weighted by Crippen LogP contribution is 2.45. The van der Waals surface area contributed by atoms with Gasteiger partial charge in [0.2, 0.25) is 0 Å². The molecule has 0 saturated carbocycles. The van der Waals surface area contributed by atoms with Crippen molar-refractivity contribution >= 4 is 0 Å². The SMILES string of the molecule is CCC1(CC)c2cc(OC)ccc2CCC1N=O. The number of nitrogens with zero attached hydrogens (tertiary/aromatic N) is 1. The number of aryl methyl sites for hydroxylation is 1. The van der Waals surface area contributed by atoms with Gasteiger partial charge in [-0.2, -0.15) is 4.91 Å². The maximum absolute atomic E-state index is 11.2. The number of ether oxygens (including phenoxy) is 1. The van der Waals surface area contributed by atoms with Crippen LogP contribution in [0.4, 0.5) is 0 Å². The summed E-state index contributed by atoms with van der Waals surface area (Å²) in [5.74, 6) is 0.867. The van der Waals surface area contributed by atoms with Gasteiger partial charge in [-0.25, -0.2) is 0 Å². The smallest absolute Gasteiger partial charge is 0.119 e. The van der Waals surface area contributed by atoms with Crippen molar-refractivity contribution in [2.24, 2.45) is 5.18 Å². The fourth-order valence-corrected chi connectivity index (χ4v) is 3.37. The number of hydrogen-bond acceptors (Lipinski definition) is 3. The van der Waals surface area contributed by atoms with E-state index in [1.165, 1.54) is 11.1 Å². The van der Waals surface area contributed by atoms with Crippen LogP contribution >= 0.6 is 0 Å². The second-order valence-corrected chi connectivity index (χ2v) is 5.05. The molecule has 0 aliphatic heterocycles. The average Bonchev–Trinajstić information content (AvgIpc) is 2.45. The molecule has 1 aliphatic carbocycles. The number of hydrogen-bond donors (Lipinski definition) is 0. The molecule has 1 atom stereocenters. The van der Waals surface area contributed by atoms with Crippen molar-refractivity contribution in [3.8, 4) is 5.75 Å². The zero-order valence-electron chi connectivity index (χ0n) is 11.4. The Morgan fingerprint density at radius 3 is 2.67 bits per heavy atom. The van der Waals surface area contributed by atoms with Crippen molar-refractivity contribution in [3.05, 3.63) is 34.2 Å². The Bertz CT molecular complexity index is 438. The molecule has 3 nitrogen and oxygen atoms in total. The van der Waals surface area contributed by atoms with Crippen LogP contribution in [0.2, 0.25) is 0 Å². The Morgan fingerprint density at radius 2 is 2.11 bits per heavy atom. The van der Waals surface area contributed by atoms with Crippen molar-refractivity contribution in [1.29, 1.82) is 0 Å². The number of nitroso groups, excluding NO2 is 1. The predicted molar refractivity (Wildman–Crippen MR) is 73.2 cm³/mol. The minimum Gasteiger partial charge on any atom is -0.497 e. The summed E-state index contributed by atoms with van der Waals surface area (Å²) in [6, 6.07) is 6.13. The molecule has 1 aromatic carbocycles. The summed E-state index contributed by atoms with van der Waals surface area (Å²) in [6.07, 6.45) is 3.70. The van der Waals surface area contributed by atoms with Crippen LogP contribution in [0.5, 0.6) is 5.75 Å². The third-order valence-corrected chi connectivity index (χ3v) is 4.57. The molecule has 0 N–H and O–H groups in total. The molecule has 0 saturated heterocycles. The van der Waals surface area contributed by atoms with E-state index in [0.29, 0.717) is 0 Å². The first-order chi connectivity index (χ1) is 8.71. The molecule has 0 fully saturated rings. The van der Waals surface area contributed by atoms with E-state index in [4.69, 9.17) is 4.74 Å². The minimum atomic E-state index is -0.107. The lowest BCUT2D eigenvalue weighted by atomic mass is 9.64. The van der Waals surface area contributed by atoms with E-state index >= 15 is 0 Å². The second-order valence-electron chi connectivity index (χ2n) is 5.05. The van der Waals surface area contributed by atoms with E-state index in [1.54, 1.807) is 7.11 Å². The van der Waals surface area contributed by atoms with Gasteiger partial charge in [0.1, 0.15) is 11.8 Å². The van der Waals surface area contributed by atoms with E-state index in [1.807, 2.05) is 6.07 Å². The largest absolute Gasteiger partial charge is 0.497 e. The van der Waals surface area contributed by atoms with Gasteiger partial charge in [0.15, 0.2) is 0 Å². The van der Waals surface area contributed by atoms with Crippen LogP contribution < -0.4 is 4.74 Å². The van der Waals surface area contributed by atoms with Gasteiger partial charge in [-0.05, 0) is 48.9 Å². The zero-order valence-corrected chi connectivity index (χ0v) is 11.4. The van der Waals surface area contributed by atoms with Gasteiger partial charge in [-0.15, -0.1) is 0 Å². The summed E-state index contributed by atoms with van der Waals surface area (Å²) in [6.45, 7) is 4.30. The monoisotopic (exact) mass is 247 g/mol. The molecule has 1 aromatic rings. The van der Waals surface area contributed by atoms with Crippen LogP contribution in [-0.4, -0.2) is 13.2 Å². The average molecular weight is 247 g/mol. The third kappa shape index (κ3) is 1.82. The van der Waals surface area contributed by atoms with Gasteiger partial charge >= 0.3 is 0 Å². The summed E-state index contributed by atoms with van der Waals surface area (Å²) in [7, 11) is 1.68. The van der Waals surface area contributed by atoms with E-state index in [9.17, 15) is 4.91 Å². The Labute approximate surface area is 109 Å². The molecule has 0 heterocycles. The highest BCUT2D eigenvalue weighted by molar-refractivity contribution is 5.44. The van der Waals surface area contributed by atoms with Gasteiger partial charge in [0, 0.05) is 5.41 Å². The minimum absolute atomic E-state index is 0.105. The Hall–Kier alpha value is -1.38. The van der Waals surface area contributed by atoms with Gasteiger partial charge < -0.3 is 4.74 Å². The van der Waals surface area contributed by atoms with E-state index < -0.39 is 0 Å². The molecule has 18 heavy (non-hydrogen) atoms. The summed E-state index contributed by atoms with van der Waals surface area (Å²) >= 11 is 0. The molecule has 0 amide bonds. The van der Waals surface area contributed by atoms with Crippen molar-refractivity contribution in [3.63, 3.8) is 0 Å². The van der Waals surface area contributed by atoms with E-state index in [-0.39, 0.29) is 11.5 Å². The predicted octanol–water partition coefficient (Wildman–Crippen LogP) is 3.83. The molecular formula is C15H21NO2. The molecule has 3 heteroatoms. The maximum Gasteiger partial charge on any atom is 0.119 e. The molecular weight excluding hydrogens is 226 g/mol. The normalized spacial score (nSPS) is 21.2. The molecule has 0 radical (unpaired) electrons. The molecule has 2 rings (SSSR count). The molecule has 1 unspecified atom stereocenters. The van der Waals surface area contributed by atoms with Gasteiger partial charge in [0.05, 0.1) is 7.11 Å². The van der Waals surface area contributed by atoms with E-state index in [0.717, 1.165) is 31.4 Å². The highest BCUT2D eigenvalue weighted by Gasteiger charge is 2.42.